The Hall–Kier alpha value is -0.630. The summed E-state index contributed by atoms with van der Waals surface area (Å²) in [6, 6.07) is 8.42. The van der Waals surface area contributed by atoms with Gasteiger partial charge in [0.2, 0.25) is 0 Å². The van der Waals surface area contributed by atoms with Gasteiger partial charge in [-0.3, -0.25) is 0 Å². The number of ether oxygens (including phenoxy) is 1. The minimum Gasteiger partial charge on any atom is -0.478 e. The zero-order valence-electron chi connectivity index (χ0n) is 15.6. The largest absolute Gasteiger partial charge is 0.478 e. The smallest absolute Gasteiger partial charge is 0.149 e. The van der Waals surface area contributed by atoms with Crippen molar-refractivity contribution in [1.29, 1.82) is 0 Å². The standard InChI is InChI=1S/C22H36OS/c1-2-3-4-5-6-7-8-9-10-11-12-13-14-19-22-23-20-17-15-16-18-21(20)24-22/h15-18,22H,2-14,19H2,1H3. The monoisotopic (exact) mass is 348 g/mol. The van der Waals surface area contributed by atoms with Crippen molar-refractivity contribution >= 4 is 11.8 Å². The zero-order chi connectivity index (χ0) is 16.9. The molecule has 0 saturated carbocycles. The molecule has 1 heterocycles. The Kier molecular flexibility index (Phi) is 10.4. The highest BCUT2D eigenvalue weighted by atomic mass is 32.2. The number of unbranched alkanes of at least 4 members (excludes halogenated alkanes) is 12. The van der Waals surface area contributed by atoms with E-state index in [2.05, 4.69) is 31.2 Å². The molecule has 0 amide bonds. The predicted molar refractivity (Wildman–Crippen MR) is 107 cm³/mol. The fourth-order valence-electron chi connectivity index (χ4n) is 3.40. The molecule has 0 fully saturated rings. The van der Waals surface area contributed by atoms with Crippen molar-refractivity contribution in [2.45, 2.75) is 107 Å². The molecule has 1 aromatic carbocycles. The van der Waals surface area contributed by atoms with Gasteiger partial charge in [0.1, 0.15) is 11.2 Å². The molecule has 1 atom stereocenters. The third kappa shape index (κ3) is 7.96. The second kappa shape index (κ2) is 12.7. The lowest BCUT2D eigenvalue weighted by Gasteiger charge is -2.09. The average Bonchev–Trinajstić information content (AvgIpc) is 3.02. The van der Waals surface area contributed by atoms with Crippen LogP contribution in [0.25, 0.3) is 0 Å². The van der Waals surface area contributed by atoms with E-state index in [1.54, 1.807) is 0 Å². The number of benzene rings is 1. The number of hydrogen-bond acceptors (Lipinski definition) is 2. The minimum atomic E-state index is 0.357. The van der Waals surface area contributed by atoms with Gasteiger partial charge in [-0.05, 0) is 25.0 Å². The highest BCUT2D eigenvalue weighted by Crippen LogP contribution is 2.42. The summed E-state index contributed by atoms with van der Waals surface area (Å²) < 4.78 is 5.98. The molecule has 2 heteroatoms. The van der Waals surface area contributed by atoms with Crippen LogP contribution in [0.1, 0.15) is 96.8 Å². The zero-order valence-corrected chi connectivity index (χ0v) is 16.4. The molecule has 24 heavy (non-hydrogen) atoms. The van der Waals surface area contributed by atoms with Crippen molar-refractivity contribution < 1.29 is 4.74 Å². The van der Waals surface area contributed by atoms with E-state index in [0.29, 0.717) is 5.44 Å². The first-order valence-electron chi connectivity index (χ1n) is 10.3. The molecule has 0 N–H and O–H groups in total. The van der Waals surface area contributed by atoms with E-state index in [4.69, 9.17) is 4.74 Å². The fraction of sp³-hybridized carbons (Fsp3) is 0.727. The topological polar surface area (TPSA) is 9.23 Å². The Balaban J connectivity index is 1.33. The molecule has 0 aromatic heterocycles. The van der Waals surface area contributed by atoms with Crippen LogP contribution in [0.2, 0.25) is 0 Å². The molecule has 2 rings (SSSR count). The van der Waals surface area contributed by atoms with Gasteiger partial charge in [-0.15, -0.1) is 0 Å². The van der Waals surface area contributed by atoms with Crippen molar-refractivity contribution in [2.24, 2.45) is 0 Å². The van der Waals surface area contributed by atoms with Gasteiger partial charge < -0.3 is 4.74 Å². The SMILES string of the molecule is CCCCCCCCCCCCCCCC1Oc2ccccc2S1. The molecular weight excluding hydrogens is 312 g/mol. The molecule has 1 aliphatic rings. The van der Waals surface area contributed by atoms with Crippen molar-refractivity contribution in [3.8, 4) is 5.75 Å². The Bertz CT molecular complexity index is 407. The maximum absolute atomic E-state index is 5.98. The van der Waals surface area contributed by atoms with Crippen LogP contribution >= 0.6 is 11.8 Å². The Morgan fingerprint density at radius 3 is 1.88 bits per heavy atom. The average molecular weight is 349 g/mol. The molecule has 1 aliphatic heterocycles. The third-order valence-corrected chi connectivity index (χ3v) is 6.10. The highest BCUT2D eigenvalue weighted by Gasteiger charge is 2.22. The lowest BCUT2D eigenvalue weighted by atomic mass is 10.0. The van der Waals surface area contributed by atoms with Crippen LogP contribution in [0, 0.1) is 0 Å². The van der Waals surface area contributed by atoms with Gasteiger partial charge in [0.05, 0.1) is 4.90 Å². The summed E-state index contributed by atoms with van der Waals surface area (Å²) >= 11 is 1.90. The summed E-state index contributed by atoms with van der Waals surface area (Å²) in [6.45, 7) is 2.29. The molecule has 1 unspecified atom stereocenters. The predicted octanol–water partition coefficient (Wildman–Crippen LogP) is 7.98. The number of rotatable bonds is 14. The maximum atomic E-state index is 5.98. The van der Waals surface area contributed by atoms with Crippen molar-refractivity contribution in [2.75, 3.05) is 0 Å². The van der Waals surface area contributed by atoms with Crippen LogP contribution in [0.4, 0.5) is 0 Å². The molecule has 136 valence electrons. The lowest BCUT2D eigenvalue weighted by molar-refractivity contribution is 0.278. The van der Waals surface area contributed by atoms with Crippen LogP contribution < -0.4 is 4.74 Å². The number of fused-ring (bicyclic) bond motifs is 1. The second-order valence-electron chi connectivity index (χ2n) is 7.14. The molecule has 0 bridgehead atoms. The van der Waals surface area contributed by atoms with E-state index < -0.39 is 0 Å². The molecule has 0 radical (unpaired) electrons. The number of hydrogen-bond donors (Lipinski definition) is 0. The summed E-state index contributed by atoms with van der Waals surface area (Å²) in [5, 5.41) is 0. The van der Waals surface area contributed by atoms with Gasteiger partial charge in [-0.1, -0.05) is 108 Å². The first-order chi connectivity index (χ1) is 11.9. The summed E-state index contributed by atoms with van der Waals surface area (Å²) in [5.41, 5.74) is 0.357. The molecule has 0 spiro atoms. The molecule has 1 aromatic rings. The summed E-state index contributed by atoms with van der Waals surface area (Å²) in [5.74, 6) is 1.09. The van der Waals surface area contributed by atoms with Crippen molar-refractivity contribution in [3.63, 3.8) is 0 Å². The lowest BCUT2D eigenvalue weighted by Crippen LogP contribution is -2.06. The normalized spacial score (nSPS) is 16.1. The van der Waals surface area contributed by atoms with Crippen LogP contribution in [-0.4, -0.2) is 5.44 Å². The van der Waals surface area contributed by atoms with Crippen LogP contribution in [-0.2, 0) is 0 Å². The second-order valence-corrected chi connectivity index (χ2v) is 8.34. The third-order valence-electron chi connectivity index (χ3n) is 4.91. The Morgan fingerprint density at radius 2 is 1.29 bits per heavy atom. The fourth-order valence-corrected chi connectivity index (χ4v) is 4.51. The van der Waals surface area contributed by atoms with Crippen LogP contribution in [0.15, 0.2) is 29.2 Å². The van der Waals surface area contributed by atoms with E-state index in [1.807, 2.05) is 11.8 Å². The van der Waals surface area contributed by atoms with Gasteiger partial charge >= 0.3 is 0 Å². The maximum Gasteiger partial charge on any atom is 0.149 e. The van der Waals surface area contributed by atoms with E-state index in [9.17, 15) is 0 Å². The molecule has 1 nitrogen and oxygen atoms in total. The van der Waals surface area contributed by atoms with Gasteiger partial charge in [0.25, 0.3) is 0 Å². The molecular formula is C22H36OS. The van der Waals surface area contributed by atoms with Gasteiger partial charge in [-0.25, -0.2) is 0 Å². The quantitative estimate of drug-likeness (QED) is 0.315. The van der Waals surface area contributed by atoms with E-state index >= 15 is 0 Å². The molecule has 0 saturated heterocycles. The van der Waals surface area contributed by atoms with Gasteiger partial charge in [0.15, 0.2) is 0 Å². The Labute approximate surface area is 154 Å². The van der Waals surface area contributed by atoms with Crippen LogP contribution in [0.3, 0.4) is 0 Å². The van der Waals surface area contributed by atoms with E-state index in [1.165, 1.54) is 94.8 Å². The highest BCUT2D eigenvalue weighted by molar-refractivity contribution is 8.00. The van der Waals surface area contributed by atoms with Gasteiger partial charge in [-0.2, -0.15) is 0 Å². The van der Waals surface area contributed by atoms with Crippen molar-refractivity contribution in [3.05, 3.63) is 24.3 Å². The summed E-state index contributed by atoms with van der Waals surface area (Å²) in [7, 11) is 0. The minimum absolute atomic E-state index is 0.357. The van der Waals surface area contributed by atoms with E-state index in [0.717, 1.165) is 5.75 Å². The van der Waals surface area contributed by atoms with E-state index in [-0.39, 0.29) is 0 Å². The first-order valence-corrected chi connectivity index (χ1v) is 11.2. The van der Waals surface area contributed by atoms with Crippen molar-refractivity contribution in [1.82, 2.24) is 0 Å². The number of thioether (sulfide) groups is 1. The van der Waals surface area contributed by atoms with Crippen LogP contribution in [0.5, 0.6) is 5.75 Å². The number of para-hydroxylation sites is 1. The first kappa shape index (κ1) is 19.7. The molecule has 0 aliphatic carbocycles. The summed E-state index contributed by atoms with van der Waals surface area (Å²) in [4.78, 5) is 1.32. The van der Waals surface area contributed by atoms with Gasteiger partial charge in [0, 0.05) is 0 Å². The summed E-state index contributed by atoms with van der Waals surface area (Å²) in [6.07, 6.45) is 19.7. The Morgan fingerprint density at radius 1 is 0.750 bits per heavy atom.